The quantitative estimate of drug-likeness (QED) is 0.695. The van der Waals surface area contributed by atoms with Crippen molar-refractivity contribution < 1.29 is 9.90 Å². The maximum absolute atomic E-state index is 12.1. The lowest BCUT2D eigenvalue weighted by Gasteiger charge is -2.31. The number of hydrogen-bond acceptors (Lipinski definition) is 3. The van der Waals surface area contributed by atoms with Gasteiger partial charge in [0.2, 0.25) is 0 Å². The molecule has 0 aliphatic carbocycles. The minimum atomic E-state index is -0.231. The molecule has 0 saturated carbocycles. The molecular formula is C18H26N4O2. The molecule has 130 valence electrons. The summed E-state index contributed by atoms with van der Waals surface area (Å²) >= 11 is 0. The van der Waals surface area contributed by atoms with Crippen molar-refractivity contribution in [2.24, 2.45) is 5.41 Å². The van der Waals surface area contributed by atoms with Gasteiger partial charge < -0.3 is 15.7 Å². The number of aliphatic hydroxyl groups is 1. The van der Waals surface area contributed by atoms with Gasteiger partial charge in [0.05, 0.1) is 5.69 Å². The second-order valence-electron chi connectivity index (χ2n) is 5.99. The van der Waals surface area contributed by atoms with E-state index in [2.05, 4.69) is 29.6 Å². The van der Waals surface area contributed by atoms with Crippen molar-refractivity contribution in [2.75, 3.05) is 18.5 Å². The summed E-state index contributed by atoms with van der Waals surface area (Å²) in [5.41, 5.74) is 1.62. The highest BCUT2D eigenvalue weighted by molar-refractivity contribution is 5.89. The first-order chi connectivity index (χ1) is 11.6. The molecule has 1 heterocycles. The average Bonchev–Trinajstić information content (AvgIpc) is 3.14. The van der Waals surface area contributed by atoms with Gasteiger partial charge in [-0.1, -0.05) is 13.8 Å². The summed E-state index contributed by atoms with van der Waals surface area (Å²) in [6.45, 7) is 4.87. The molecule has 0 bridgehead atoms. The van der Waals surface area contributed by atoms with E-state index in [1.165, 1.54) is 0 Å². The number of aromatic nitrogens is 2. The summed E-state index contributed by atoms with van der Waals surface area (Å²) in [6.07, 6.45) is 6.12. The van der Waals surface area contributed by atoms with Crippen LogP contribution in [0, 0.1) is 5.41 Å². The van der Waals surface area contributed by atoms with Gasteiger partial charge in [0.25, 0.3) is 0 Å². The van der Waals surface area contributed by atoms with Crippen molar-refractivity contribution in [3.05, 3.63) is 42.7 Å². The van der Waals surface area contributed by atoms with Crippen LogP contribution in [0.15, 0.2) is 42.7 Å². The zero-order chi connectivity index (χ0) is 17.4. The van der Waals surface area contributed by atoms with E-state index in [1.54, 1.807) is 10.9 Å². The lowest BCUT2D eigenvalue weighted by molar-refractivity contribution is 0.165. The highest BCUT2D eigenvalue weighted by Crippen LogP contribution is 2.29. The van der Waals surface area contributed by atoms with E-state index in [4.69, 9.17) is 0 Å². The van der Waals surface area contributed by atoms with Gasteiger partial charge in [-0.15, -0.1) is 0 Å². The molecule has 1 aromatic heterocycles. The fraction of sp³-hybridized carbons (Fsp3) is 0.444. The van der Waals surface area contributed by atoms with E-state index >= 15 is 0 Å². The molecule has 24 heavy (non-hydrogen) atoms. The molecular weight excluding hydrogens is 304 g/mol. The van der Waals surface area contributed by atoms with Crippen LogP contribution in [-0.4, -0.2) is 34.1 Å². The van der Waals surface area contributed by atoms with Crippen LogP contribution in [0.1, 0.15) is 33.1 Å². The minimum absolute atomic E-state index is 0.0456. The predicted molar refractivity (Wildman–Crippen MR) is 95.3 cm³/mol. The summed E-state index contributed by atoms with van der Waals surface area (Å²) in [4.78, 5) is 12.1. The molecule has 0 fully saturated rings. The first-order valence-corrected chi connectivity index (χ1v) is 8.38. The zero-order valence-electron chi connectivity index (χ0n) is 14.3. The van der Waals surface area contributed by atoms with E-state index in [9.17, 15) is 9.90 Å². The SMILES string of the molecule is CCC(CC)(CCO)CNC(=O)Nc1ccc(-n2cccn2)cc1. The maximum atomic E-state index is 12.1. The second kappa shape index (κ2) is 8.49. The van der Waals surface area contributed by atoms with Crippen molar-refractivity contribution >= 4 is 11.7 Å². The molecule has 2 rings (SSSR count). The number of nitrogens with one attached hydrogen (secondary N) is 2. The monoisotopic (exact) mass is 330 g/mol. The first-order valence-electron chi connectivity index (χ1n) is 8.38. The number of anilines is 1. The van der Waals surface area contributed by atoms with Gasteiger partial charge in [-0.2, -0.15) is 5.10 Å². The van der Waals surface area contributed by atoms with Crippen LogP contribution in [0.4, 0.5) is 10.5 Å². The van der Waals surface area contributed by atoms with Crippen LogP contribution >= 0.6 is 0 Å². The number of rotatable bonds is 8. The molecule has 6 nitrogen and oxygen atoms in total. The van der Waals surface area contributed by atoms with Crippen LogP contribution in [0.5, 0.6) is 0 Å². The summed E-state index contributed by atoms with van der Waals surface area (Å²) in [6, 6.07) is 9.12. The summed E-state index contributed by atoms with van der Waals surface area (Å²) < 4.78 is 1.76. The van der Waals surface area contributed by atoms with Crippen molar-refractivity contribution in [2.45, 2.75) is 33.1 Å². The van der Waals surface area contributed by atoms with Crippen LogP contribution in [-0.2, 0) is 0 Å². The molecule has 0 aliphatic heterocycles. The van der Waals surface area contributed by atoms with Gasteiger partial charge in [0.1, 0.15) is 0 Å². The summed E-state index contributed by atoms with van der Waals surface area (Å²) in [7, 11) is 0. The van der Waals surface area contributed by atoms with E-state index < -0.39 is 0 Å². The highest BCUT2D eigenvalue weighted by atomic mass is 16.3. The smallest absolute Gasteiger partial charge is 0.319 e. The summed E-state index contributed by atoms with van der Waals surface area (Å²) in [5.74, 6) is 0. The molecule has 2 amide bonds. The third-order valence-electron chi connectivity index (χ3n) is 4.66. The van der Waals surface area contributed by atoms with Gasteiger partial charge in [-0.25, -0.2) is 9.48 Å². The molecule has 0 spiro atoms. The van der Waals surface area contributed by atoms with Gasteiger partial charge >= 0.3 is 6.03 Å². The lowest BCUT2D eigenvalue weighted by atomic mass is 9.79. The number of urea groups is 1. The summed E-state index contributed by atoms with van der Waals surface area (Å²) in [5, 5.41) is 19.2. The Bertz CT molecular complexity index is 619. The highest BCUT2D eigenvalue weighted by Gasteiger charge is 2.26. The Balaban J connectivity index is 1.90. The van der Waals surface area contributed by atoms with Crippen molar-refractivity contribution in [3.63, 3.8) is 0 Å². The molecule has 0 radical (unpaired) electrons. The van der Waals surface area contributed by atoms with Gasteiger partial charge in [-0.05, 0) is 55.0 Å². The molecule has 0 unspecified atom stereocenters. The minimum Gasteiger partial charge on any atom is -0.396 e. The van der Waals surface area contributed by atoms with Crippen molar-refractivity contribution in [1.82, 2.24) is 15.1 Å². The zero-order valence-corrected chi connectivity index (χ0v) is 14.3. The fourth-order valence-electron chi connectivity index (χ4n) is 2.74. The van der Waals surface area contributed by atoms with Gasteiger partial charge in [0, 0.05) is 31.2 Å². The number of aliphatic hydroxyl groups excluding tert-OH is 1. The number of amides is 2. The molecule has 2 aromatic rings. The van der Waals surface area contributed by atoms with Crippen LogP contribution in [0.2, 0.25) is 0 Å². The fourth-order valence-corrected chi connectivity index (χ4v) is 2.74. The number of benzene rings is 1. The van der Waals surface area contributed by atoms with Crippen LogP contribution in [0.3, 0.4) is 0 Å². The maximum Gasteiger partial charge on any atom is 0.319 e. The Labute approximate surface area is 142 Å². The van der Waals surface area contributed by atoms with E-state index in [1.807, 2.05) is 36.5 Å². The topological polar surface area (TPSA) is 79.2 Å². The Hall–Kier alpha value is -2.34. The average molecular weight is 330 g/mol. The molecule has 0 atom stereocenters. The van der Waals surface area contributed by atoms with E-state index in [0.29, 0.717) is 13.0 Å². The second-order valence-corrected chi connectivity index (χ2v) is 5.99. The molecule has 6 heteroatoms. The lowest BCUT2D eigenvalue weighted by Crippen LogP contribution is -2.39. The van der Waals surface area contributed by atoms with Crippen molar-refractivity contribution in [1.29, 1.82) is 0 Å². The van der Waals surface area contributed by atoms with Crippen LogP contribution in [0.25, 0.3) is 5.69 Å². The normalized spacial score (nSPS) is 11.3. The third kappa shape index (κ3) is 4.58. The molecule has 3 N–H and O–H groups in total. The Morgan fingerprint density at radius 2 is 1.96 bits per heavy atom. The standard InChI is InChI=1S/C18H26N4O2/c1-3-18(4-2,10-13-23)14-19-17(24)21-15-6-8-16(9-7-15)22-12-5-11-20-22/h5-9,11-12,23H,3-4,10,13-14H2,1-2H3,(H2,19,21,24). The number of hydrogen-bond donors (Lipinski definition) is 3. The molecule has 0 aliphatic rings. The Kier molecular flexibility index (Phi) is 6.37. The van der Waals surface area contributed by atoms with Gasteiger partial charge in [-0.3, -0.25) is 0 Å². The third-order valence-corrected chi connectivity index (χ3v) is 4.66. The number of carbonyl (C=O) groups excluding carboxylic acids is 1. The first kappa shape index (κ1) is 18.0. The van der Waals surface area contributed by atoms with Crippen molar-refractivity contribution in [3.8, 4) is 5.69 Å². The Morgan fingerprint density at radius 1 is 1.25 bits per heavy atom. The van der Waals surface area contributed by atoms with Crippen LogP contribution < -0.4 is 10.6 Å². The number of nitrogens with zero attached hydrogens (tertiary/aromatic N) is 2. The molecule has 1 aromatic carbocycles. The number of carbonyl (C=O) groups is 1. The molecule has 0 saturated heterocycles. The largest absolute Gasteiger partial charge is 0.396 e. The Morgan fingerprint density at radius 3 is 2.50 bits per heavy atom. The predicted octanol–water partition coefficient (Wildman–Crippen LogP) is 3.18. The van der Waals surface area contributed by atoms with Gasteiger partial charge in [0.15, 0.2) is 0 Å². The van der Waals surface area contributed by atoms with E-state index in [-0.39, 0.29) is 18.1 Å². The van der Waals surface area contributed by atoms with E-state index in [0.717, 1.165) is 24.2 Å².